The molecule has 0 bridgehead atoms. The fourth-order valence-electron chi connectivity index (χ4n) is 1.31. The molecule has 0 radical (unpaired) electrons. The normalized spacial score (nSPS) is 12.7. The third-order valence-electron chi connectivity index (χ3n) is 2.16. The van der Waals surface area contributed by atoms with E-state index in [2.05, 4.69) is 29.4 Å². The topological polar surface area (TPSA) is 24.9 Å². The summed E-state index contributed by atoms with van der Waals surface area (Å²) in [5.41, 5.74) is 1.36. The molecule has 14 heavy (non-hydrogen) atoms. The maximum Gasteiger partial charge on any atom is 0.0270 e. The SMILES string of the molecule is CCSCC(Cc1ccncc1)NC. The van der Waals surface area contributed by atoms with Gasteiger partial charge in [-0.25, -0.2) is 0 Å². The second kappa shape index (κ2) is 6.85. The molecule has 3 heteroatoms. The first kappa shape index (κ1) is 11.5. The van der Waals surface area contributed by atoms with Gasteiger partial charge >= 0.3 is 0 Å². The van der Waals surface area contributed by atoms with E-state index in [-0.39, 0.29) is 0 Å². The highest BCUT2D eigenvalue weighted by molar-refractivity contribution is 7.99. The van der Waals surface area contributed by atoms with Gasteiger partial charge in [-0.2, -0.15) is 11.8 Å². The number of hydrogen-bond acceptors (Lipinski definition) is 3. The van der Waals surface area contributed by atoms with E-state index in [0.29, 0.717) is 6.04 Å². The van der Waals surface area contributed by atoms with E-state index >= 15 is 0 Å². The quantitative estimate of drug-likeness (QED) is 0.777. The molecule has 0 saturated heterocycles. The molecule has 0 saturated carbocycles. The first-order valence-electron chi connectivity index (χ1n) is 5.00. The Bertz CT molecular complexity index is 238. The number of thioether (sulfide) groups is 1. The van der Waals surface area contributed by atoms with E-state index in [9.17, 15) is 0 Å². The van der Waals surface area contributed by atoms with Gasteiger partial charge in [0.2, 0.25) is 0 Å². The zero-order chi connectivity index (χ0) is 10.2. The van der Waals surface area contributed by atoms with Crippen molar-refractivity contribution in [1.82, 2.24) is 10.3 Å². The van der Waals surface area contributed by atoms with E-state index in [1.54, 1.807) is 0 Å². The fourth-order valence-corrected chi connectivity index (χ4v) is 2.11. The third-order valence-corrected chi connectivity index (χ3v) is 3.21. The monoisotopic (exact) mass is 210 g/mol. The minimum atomic E-state index is 0.572. The summed E-state index contributed by atoms with van der Waals surface area (Å²) < 4.78 is 0. The molecule has 0 amide bonds. The van der Waals surface area contributed by atoms with E-state index in [1.807, 2.05) is 31.2 Å². The molecule has 1 heterocycles. The van der Waals surface area contributed by atoms with Gasteiger partial charge in [0.05, 0.1) is 0 Å². The van der Waals surface area contributed by atoms with Crippen LogP contribution in [0.5, 0.6) is 0 Å². The lowest BCUT2D eigenvalue weighted by atomic mass is 10.1. The van der Waals surface area contributed by atoms with Crippen molar-refractivity contribution in [3.8, 4) is 0 Å². The molecular formula is C11H18N2S. The van der Waals surface area contributed by atoms with Gasteiger partial charge in [0.1, 0.15) is 0 Å². The molecular weight excluding hydrogens is 192 g/mol. The summed E-state index contributed by atoms with van der Waals surface area (Å²) >= 11 is 1.98. The van der Waals surface area contributed by atoms with Crippen LogP contribution in [0.1, 0.15) is 12.5 Å². The molecule has 0 aliphatic heterocycles. The Kier molecular flexibility index (Phi) is 5.64. The second-order valence-corrected chi connectivity index (χ2v) is 4.52. The van der Waals surface area contributed by atoms with Crippen LogP contribution in [-0.2, 0) is 6.42 Å². The summed E-state index contributed by atoms with van der Waals surface area (Å²) in [5, 5.41) is 3.34. The van der Waals surface area contributed by atoms with Gasteiger partial charge in [0, 0.05) is 24.2 Å². The lowest BCUT2D eigenvalue weighted by Gasteiger charge is -2.15. The molecule has 0 aliphatic rings. The van der Waals surface area contributed by atoms with Crippen LogP contribution >= 0.6 is 11.8 Å². The van der Waals surface area contributed by atoms with E-state index < -0.39 is 0 Å². The van der Waals surface area contributed by atoms with Crippen molar-refractivity contribution in [2.24, 2.45) is 0 Å². The summed E-state index contributed by atoms with van der Waals surface area (Å²) in [4.78, 5) is 4.02. The van der Waals surface area contributed by atoms with Crippen molar-refractivity contribution < 1.29 is 0 Å². The largest absolute Gasteiger partial charge is 0.316 e. The molecule has 78 valence electrons. The molecule has 0 aromatic carbocycles. The average Bonchev–Trinajstić information content (AvgIpc) is 2.25. The van der Waals surface area contributed by atoms with Crippen molar-refractivity contribution in [2.45, 2.75) is 19.4 Å². The van der Waals surface area contributed by atoms with Crippen LogP contribution in [0, 0.1) is 0 Å². The second-order valence-electron chi connectivity index (χ2n) is 3.20. The highest BCUT2D eigenvalue weighted by Gasteiger charge is 2.06. The maximum atomic E-state index is 4.02. The van der Waals surface area contributed by atoms with Gasteiger partial charge in [-0.15, -0.1) is 0 Å². The van der Waals surface area contributed by atoms with Crippen molar-refractivity contribution >= 4 is 11.8 Å². The van der Waals surface area contributed by atoms with Crippen LogP contribution in [0.2, 0.25) is 0 Å². The molecule has 1 aromatic heterocycles. The van der Waals surface area contributed by atoms with Crippen LogP contribution in [0.15, 0.2) is 24.5 Å². The number of hydrogen-bond donors (Lipinski definition) is 1. The molecule has 1 atom stereocenters. The molecule has 1 unspecified atom stereocenters. The molecule has 1 rings (SSSR count). The Morgan fingerprint density at radius 1 is 1.43 bits per heavy atom. The van der Waals surface area contributed by atoms with Crippen LogP contribution in [0.4, 0.5) is 0 Å². The van der Waals surface area contributed by atoms with Crippen LogP contribution in [-0.4, -0.2) is 29.6 Å². The predicted octanol–water partition coefficient (Wildman–Crippen LogP) is 1.97. The molecule has 2 nitrogen and oxygen atoms in total. The molecule has 1 N–H and O–H groups in total. The minimum absolute atomic E-state index is 0.572. The number of rotatable bonds is 6. The van der Waals surface area contributed by atoms with Gasteiger partial charge in [-0.3, -0.25) is 4.98 Å². The number of aromatic nitrogens is 1. The minimum Gasteiger partial charge on any atom is -0.316 e. The summed E-state index contributed by atoms with van der Waals surface area (Å²) in [5.74, 6) is 2.36. The van der Waals surface area contributed by atoms with Gasteiger partial charge in [-0.05, 0) is 36.9 Å². The Labute approximate surface area is 90.5 Å². The van der Waals surface area contributed by atoms with Crippen LogP contribution in [0.3, 0.4) is 0 Å². The van der Waals surface area contributed by atoms with Crippen molar-refractivity contribution in [2.75, 3.05) is 18.6 Å². The Morgan fingerprint density at radius 3 is 2.71 bits per heavy atom. The Balaban J connectivity index is 2.40. The highest BCUT2D eigenvalue weighted by Crippen LogP contribution is 2.07. The molecule has 0 aliphatic carbocycles. The maximum absolute atomic E-state index is 4.02. The average molecular weight is 210 g/mol. The number of pyridine rings is 1. The van der Waals surface area contributed by atoms with Crippen molar-refractivity contribution in [1.29, 1.82) is 0 Å². The van der Waals surface area contributed by atoms with Gasteiger partial charge in [-0.1, -0.05) is 6.92 Å². The predicted molar refractivity (Wildman–Crippen MR) is 63.8 cm³/mol. The van der Waals surface area contributed by atoms with Gasteiger partial charge in [0.25, 0.3) is 0 Å². The van der Waals surface area contributed by atoms with E-state index in [4.69, 9.17) is 0 Å². The standard InChI is InChI=1S/C11H18N2S/c1-3-14-9-11(12-2)8-10-4-6-13-7-5-10/h4-7,11-12H,3,8-9H2,1-2H3. The summed E-state index contributed by atoms with van der Waals surface area (Å²) in [7, 11) is 2.03. The zero-order valence-corrected chi connectivity index (χ0v) is 9.68. The van der Waals surface area contributed by atoms with Crippen molar-refractivity contribution in [3.63, 3.8) is 0 Å². The van der Waals surface area contributed by atoms with Gasteiger partial charge < -0.3 is 5.32 Å². The first-order valence-corrected chi connectivity index (χ1v) is 6.16. The van der Waals surface area contributed by atoms with Crippen LogP contribution < -0.4 is 5.32 Å². The first-order chi connectivity index (χ1) is 6.86. The smallest absolute Gasteiger partial charge is 0.0270 e. The number of nitrogens with zero attached hydrogens (tertiary/aromatic N) is 1. The van der Waals surface area contributed by atoms with Crippen molar-refractivity contribution in [3.05, 3.63) is 30.1 Å². The molecule has 0 spiro atoms. The lowest BCUT2D eigenvalue weighted by molar-refractivity contribution is 0.617. The number of likely N-dealkylation sites (N-methyl/N-ethyl adjacent to an activating group) is 1. The third kappa shape index (κ3) is 4.11. The fraction of sp³-hybridized carbons (Fsp3) is 0.545. The van der Waals surface area contributed by atoms with E-state index in [1.165, 1.54) is 17.1 Å². The summed E-state index contributed by atoms with van der Waals surface area (Å²) in [6.45, 7) is 2.20. The number of nitrogens with one attached hydrogen (secondary N) is 1. The Hall–Kier alpha value is -0.540. The highest BCUT2D eigenvalue weighted by atomic mass is 32.2. The molecule has 0 fully saturated rings. The zero-order valence-electron chi connectivity index (χ0n) is 8.86. The van der Waals surface area contributed by atoms with Gasteiger partial charge in [0.15, 0.2) is 0 Å². The van der Waals surface area contributed by atoms with Crippen LogP contribution in [0.25, 0.3) is 0 Å². The lowest BCUT2D eigenvalue weighted by Crippen LogP contribution is -2.30. The summed E-state index contributed by atoms with van der Waals surface area (Å²) in [6, 6.07) is 4.74. The van der Waals surface area contributed by atoms with E-state index in [0.717, 1.165) is 6.42 Å². The molecule has 1 aromatic rings. The Morgan fingerprint density at radius 2 is 2.14 bits per heavy atom. The summed E-state index contributed by atoms with van der Waals surface area (Å²) in [6.07, 6.45) is 4.80.